The molecule has 0 aliphatic heterocycles. The second-order valence-corrected chi connectivity index (χ2v) is 10.6. The molecule has 0 aliphatic carbocycles. The predicted octanol–water partition coefficient (Wildman–Crippen LogP) is 5.85. The number of aryl methyl sites for hydroxylation is 1. The van der Waals surface area contributed by atoms with Gasteiger partial charge in [0.25, 0.3) is 5.91 Å². The van der Waals surface area contributed by atoms with Crippen LogP contribution in [0.3, 0.4) is 0 Å². The lowest BCUT2D eigenvalue weighted by atomic mass is 9.98. The highest BCUT2D eigenvalue weighted by Crippen LogP contribution is 2.28. The maximum atomic E-state index is 13.8. The Bertz CT molecular complexity index is 1010. The lowest BCUT2D eigenvalue weighted by molar-refractivity contribution is -0.140. The number of alkyl carbamates (subject to hydrolysis) is 1. The van der Waals surface area contributed by atoms with E-state index in [0.29, 0.717) is 17.2 Å². The van der Waals surface area contributed by atoms with Gasteiger partial charge in [-0.15, -0.1) is 0 Å². The van der Waals surface area contributed by atoms with E-state index in [0.717, 1.165) is 18.4 Å². The molecule has 2 aromatic rings. The fraction of sp³-hybridized carbons (Fsp3) is 0.483. The molecule has 0 saturated heterocycles. The summed E-state index contributed by atoms with van der Waals surface area (Å²) in [6, 6.07) is 15.7. The molecule has 0 saturated carbocycles. The van der Waals surface area contributed by atoms with Gasteiger partial charge in [-0.25, -0.2) is 4.79 Å². The third-order valence-corrected chi connectivity index (χ3v) is 5.75. The third kappa shape index (κ3) is 9.02. The Kier molecular flexibility index (Phi) is 10.5. The van der Waals surface area contributed by atoms with Gasteiger partial charge in [0.05, 0.1) is 0 Å². The number of hydrogen-bond acceptors (Lipinski definition) is 4. The number of hydrogen-bond donors (Lipinski definition) is 2. The van der Waals surface area contributed by atoms with Crippen molar-refractivity contribution < 1.29 is 19.1 Å². The molecular weight excluding hydrogens is 454 g/mol. The van der Waals surface area contributed by atoms with Crippen molar-refractivity contribution in [1.29, 1.82) is 0 Å². The van der Waals surface area contributed by atoms with Crippen molar-refractivity contribution in [2.45, 2.75) is 79.0 Å². The van der Waals surface area contributed by atoms with Gasteiger partial charge in [-0.05, 0) is 70.6 Å². The molecule has 7 nitrogen and oxygen atoms in total. The van der Waals surface area contributed by atoms with Gasteiger partial charge in [0.1, 0.15) is 18.2 Å². The van der Waals surface area contributed by atoms with E-state index in [-0.39, 0.29) is 24.4 Å². The van der Waals surface area contributed by atoms with Gasteiger partial charge in [-0.2, -0.15) is 0 Å². The van der Waals surface area contributed by atoms with Crippen molar-refractivity contribution in [2.24, 2.45) is 5.92 Å². The van der Waals surface area contributed by atoms with Gasteiger partial charge in [0.15, 0.2) is 0 Å². The molecular formula is C29H41N3O4. The normalized spacial score (nSPS) is 13.0. The van der Waals surface area contributed by atoms with Crippen LogP contribution in [0.25, 0.3) is 0 Å². The van der Waals surface area contributed by atoms with Gasteiger partial charge < -0.3 is 20.3 Å². The minimum absolute atomic E-state index is 0.242. The number of nitrogens with one attached hydrogen (secondary N) is 2. The van der Waals surface area contributed by atoms with Crippen LogP contribution in [0.1, 0.15) is 71.6 Å². The molecule has 0 aromatic heterocycles. The molecule has 0 radical (unpaired) electrons. The fourth-order valence-corrected chi connectivity index (χ4v) is 3.90. The Morgan fingerprint density at radius 3 is 2.11 bits per heavy atom. The van der Waals surface area contributed by atoms with Crippen molar-refractivity contribution in [2.75, 3.05) is 11.9 Å². The van der Waals surface area contributed by atoms with E-state index in [1.165, 1.54) is 0 Å². The summed E-state index contributed by atoms with van der Waals surface area (Å²) in [6.07, 6.45) is 0.939. The molecule has 7 heteroatoms. The number of anilines is 1. The summed E-state index contributed by atoms with van der Waals surface area (Å²) in [6.45, 7) is 13.1. The fourth-order valence-electron chi connectivity index (χ4n) is 3.90. The highest BCUT2D eigenvalue weighted by atomic mass is 16.6. The molecule has 196 valence electrons. The van der Waals surface area contributed by atoms with Crippen molar-refractivity contribution in [3.8, 4) is 0 Å². The molecule has 2 atom stereocenters. The Morgan fingerprint density at radius 1 is 0.917 bits per heavy atom. The number of carbonyl (C=O) groups excluding carboxylic acids is 3. The summed E-state index contributed by atoms with van der Waals surface area (Å²) >= 11 is 0. The smallest absolute Gasteiger partial charge is 0.408 e. The molecule has 2 aromatic carbocycles. The van der Waals surface area contributed by atoms with E-state index in [9.17, 15) is 14.4 Å². The molecule has 0 heterocycles. The molecule has 0 bridgehead atoms. The molecule has 0 spiro atoms. The predicted molar refractivity (Wildman–Crippen MR) is 144 cm³/mol. The molecule has 0 fully saturated rings. The average Bonchev–Trinajstić information content (AvgIpc) is 2.80. The van der Waals surface area contributed by atoms with Gasteiger partial charge in [0, 0.05) is 11.7 Å². The zero-order valence-electron chi connectivity index (χ0n) is 22.6. The van der Waals surface area contributed by atoms with E-state index >= 15 is 0 Å². The third-order valence-electron chi connectivity index (χ3n) is 5.75. The number of benzene rings is 2. The first-order valence-electron chi connectivity index (χ1n) is 12.6. The van der Waals surface area contributed by atoms with Crippen LogP contribution in [0.2, 0.25) is 0 Å². The van der Waals surface area contributed by atoms with Gasteiger partial charge in [-0.3, -0.25) is 9.59 Å². The Morgan fingerprint density at radius 2 is 1.53 bits per heavy atom. The summed E-state index contributed by atoms with van der Waals surface area (Å²) < 4.78 is 5.29. The summed E-state index contributed by atoms with van der Waals surface area (Å²) in [5.41, 5.74) is 1.63. The van der Waals surface area contributed by atoms with Gasteiger partial charge in [-0.1, -0.05) is 62.4 Å². The van der Waals surface area contributed by atoms with E-state index in [1.807, 2.05) is 68.4 Å². The van der Waals surface area contributed by atoms with Gasteiger partial charge >= 0.3 is 6.09 Å². The number of rotatable bonds is 10. The first kappa shape index (κ1) is 28.9. The summed E-state index contributed by atoms with van der Waals surface area (Å²) in [4.78, 5) is 41.2. The van der Waals surface area contributed by atoms with Crippen molar-refractivity contribution >= 4 is 23.6 Å². The van der Waals surface area contributed by atoms with Crippen LogP contribution in [0.4, 0.5) is 10.5 Å². The maximum absolute atomic E-state index is 13.8. The minimum atomic E-state index is -0.874. The summed E-state index contributed by atoms with van der Waals surface area (Å²) in [5.74, 6) is -0.219. The minimum Gasteiger partial charge on any atom is -0.444 e. The first-order chi connectivity index (χ1) is 16.9. The summed E-state index contributed by atoms with van der Waals surface area (Å²) in [5, 5.41) is 5.57. The Hall–Kier alpha value is -3.35. The van der Waals surface area contributed by atoms with Crippen LogP contribution in [0.5, 0.6) is 0 Å². The molecule has 2 unspecified atom stereocenters. The van der Waals surface area contributed by atoms with Crippen LogP contribution < -0.4 is 10.6 Å². The average molecular weight is 496 g/mol. The van der Waals surface area contributed by atoms with Crippen LogP contribution in [-0.2, 0) is 14.3 Å². The summed E-state index contributed by atoms with van der Waals surface area (Å²) in [7, 11) is 0. The largest absolute Gasteiger partial charge is 0.444 e. The van der Waals surface area contributed by atoms with Gasteiger partial charge in [0.2, 0.25) is 5.91 Å². The molecule has 0 aliphatic rings. The molecule has 2 rings (SSSR count). The SMILES string of the molecule is Cc1ccccc1NC(=O)C(c1ccccc1)N(C(=O)CNC(=O)OC(C)(C)C)C(C)CCC(C)C. The first-order valence-corrected chi connectivity index (χ1v) is 12.6. The monoisotopic (exact) mass is 495 g/mol. The second-order valence-electron chi connectivity index (χ2n) is 10.6. The van der Waals surface area contributed by atoms with Crippen molar-refractivity contribution in [3.63, 3.8) is 0 Å². The lowest BCUT2D eigenvalue weighted by Crippen LogP contribution is -2.50. The quantitative estimate of drug-likeness (QED) is 0.433. The van der Waals surface area contributed by atoms with E-state index < -0.39 is 17.7 Å². The van der Waals surface area contributed by atoms with E-state index in [4.69, 9.17) is 4.74 Å². The molecule has 3 amide bonds. The Labute approximate surface area is 215 Å². The number of amides is 3. The Balaban J connectivity index is 2.40. The second kappa shape index (κ2) is 13.1. The number of ether oxygens (including phenoxy) is 1. The van der Waals surface area contributed by atoms with E-state index in [1.54, 1.807) is 25.7 Å². The highest BCUT2D eigenvalue weighted by molar-refractivity contribution is 5.99. The molecule has 2 N–H and O–H groups in total. The number of nitrogens with zero attached hydrogens (tertiary/aromatic N) is 1. The van der Waals surface area contributed by atoms with Crippen molar-refractivity contribution in [3.05, 3.63) is 65.7 Å². The van der Waals surface area contributed by atoms with Crippen LogP contribution in [0, 0.1) is 12.8 Å². The maximum Gasteiger partial charge on any atom is 0.408 e. The van der Waals surface area contributed by atoms with E-state index in [2.05, 4.69) is 24.5 Å². The topological polar surface area (TPSA) is 87.7 Å². The number of para-hydroxylation sites is 1. The highest BCUT2D eigenvalue weighted by Gasteiger charge is 2.35. The van der Waals surface area contributed by atoms with Crippen molar-refractivity contribution in [1.82, 2.24) is 10.2 Å². The zero-order valence-corrected chi connectivity index (χ0v) is 22.6. The number of carbonyl (C=O) groups is 3. The molecule has 36 heavy (non-hydrogen) atoms. The van der Waals surface area contributed by atoms with Crippen LogP contribution in [-0.4, -0.2) is 41.0 Å². The lowest BCUT2D eigenvalue weighted by Gasteiger charge is -2.36. The van der Waals surface area contributed by atoms with Crippen LogP contribution in [0.15, 0.2) is 54.6 Å². The van der Waals surface area contributed by atoms with Crippen LogP contribution >= 0.6 is 0 Å². The standard InChI is InChI=1S/C29H41N3O4/c1-20(2)17-18-22(4)32(25(33)19-30-28(35)36-29(5,6)7)26(23-14-9-8-10-15-23)27(34)31-24-16-12-11-13-21(24)3/h8-16,20,22,26H,17-19H2,1-7H3,(H,30,35)(H,31,34). The zero-order chi connectivity index (χ0) is 26.9.